The van der Waals surface area contributed by atoms with Crippen molar-refractivity contribution in [3.8, 4) is 0 Å². The molecule has 5 atom stereocenters. The third-order valence-electron chi connectivity index (χ3n) is 8.66. The van der Waals surface area contributed by atoms with Crippen molar-refractivity contribution < 1.29 is 37.1 Å². The molecule has 13 heteroatoms. The fourth-order valence-electron chi connectivity index (χ4n) is 6.18. The van der Waals surface area contributed by atoms with Crippen molar-refractivity contribution >= 4 is 32.8 Å². The van der Waals surface area contributed by atoms with Gasteiger partial charge in [0.2, 0.25) is 10.0 Å². The summed E-state index contributed by atoms with van der Waals surface area (Å²) in [5.74, 6) is -0.0938. The first-order chi connectivity index (χ1) is 23.2. The number of hydrogen-bond donors (Lipinski definition) is 3. The molecule has 1 unspecified atom stereocenters. The van der Waals surface area contributed by atoms with Crippen LogP contribution in [0, 0.1) is 11.8 Å². The minimum absolute atomic E-state index is 0.0441. The Hall–Kier alpha value is -4.01. The van der Waals surface area contributed by atoms with Gasteiger partial charge < -0.3 is 34.5 Å². The number of nitrogens with zero attached hydrogens (tertiary/aromatic N) is 2. The lowest BCUT2D eigenvalue weighted by molar-refractivity contribution is -0.0907. The molecule has 0 bridgehead atoms. The molecule has 6 rings (SSSR count). The van der Waals surface area contributed by atoms with Gasteiger partial charge in [-0.3, -0.25) is 0 Å². The molecule has 0 radical (unpaired) electrons. The predicted octanol–water partition coefficient (Wildman–Crippen LogP) is 4.55. The van der Waals surface area contributed by atoms with E-state index in [-0.39, 0.29) is 49.1 Å². The first kappa shape index (κ1) is 33.9. The van der Waals surface area contributed by atoms with Crippen LogP contribution in [0.4, 0.5) is 10.5 Å². The summed E-state index contributed by atoms with van der Waals surface area (Å²) >= 11 is 0. The van der Waals surface area contributed by atoms with Crippen LogP contribution in [0.25, 0.3) is 11.0 Å². The summed E-state index contributed by atoms with van der Waals surface area (Å²) in [6.45, 7) is 4.82. The molecule has 0 aliphatic carbocycles. The van der Waals surface area contributed by atoms with Gasteiger partial charge in [0.15, 0.2) is 11.9 Å². The average molecular weight is 679 g/mol. The van der Waals surface area contributed by atoms with Crippen LogP contribution in [0.1, 0.15) is 31.5 Å². The van der Waals surface area contributed by atoms with Crippen molar-refractivity contribution in [3.63, 3.8) is 0 Å². The van der Waals surface area contributed by atoms with Gasteiger partial charge in [0.25, 0.3) is 0 Å². The largest absolute Gasteiger partial charge is 0.443 e. The topological polar surface area (TPSA) is 152 Å². The number of nitrogens with one attached hydrogen (secondary N) is 2. The van der Waals surface area contributed by atoms with Gasteiger partial charge in [0.1, 0.15) is 11.8 Å². The highest BCUT2D eigenvalue weighted by Crippen LogP contribution is 2.33. The zero-order valence-electron chi connectivity index (χ0n) is 27.0. The predicted molar refractivity (Wildman–Crippen MR) is 179 cm³/mol. The maximum atomic E-state index is 14.2. The summed E-state index contributed by atoms with van der Waals surface area (Å²) in [5.41, 5.74) is 2.78. The number of hydrogen-bond acceptors (Lipinski definition) is 10. The van der Waals surface area contributed by atoms with Crippen molar-refractivity contribution in [1.29, 1.82) is 0 Å². The van der Waals surface area contributed by atoms with Crippen molar-refractivity contribution in [3.05, 3.63) is 90.1 Å². The van der Waals surface area contributed by atoms with Crippen LogP contribution in [0.3, 0.4) is 0 Å². The molecule has 0 spiro atoms. The lowest BCUT2D eigenvalue weighted by Crippen LogP contribution is -2.51. The number of sulfonamides is 1. The van der Waals surface area contributed by atoms with E-state index in [1.165, 1.54) is 10.4 Å². The molecule has 48 heavy (non-hydrogen) atoms. The third kappa shape index (κ3) is 7.99. The number of ether oxygens (including phenoxy) is 3. The van der Waals surface area contributed by atoms with Crippen LogP contribution in [0.2, 0.25) is 0 Å². The quantitative estimate of drug-likeness (QED) is 0.173. The van der Waals surface area contributed by atoms with Crippen LogP contribution < -0.4 is 10.6 Å². The zero-order valence-corrected chi connectivity index (χ0v) is 27.8. The van der Waals surface area contributed by atoms with Gasteiger partial charge in [-0.1, -0.05) is 67.5 Å². The molecular weight excluding hydrogens is 636 g/mol. The van der Waals surface area contributed by atoms with Gasteiger partial charge in [0.05, 0.1) is 42.7 Å². The molecule has 3 heterocycles. The average Bonchev–Trinajstić information content (AvgIpc) is 3.81. The lowest BCUT2D eigenvalue weighted by Gasteiger charge is -2.31. The molecule has 1 amide bonds. The molecule has 2 aliphatic heterocycles. The molecule has 3 N–H and O–H groups in total. The smallest absolute Gasteiger partial charge is 0.407 e. The summed E-state index contributed by atoms with van der Waals surface area (Å²) < 4.78 is 52.0. The molecule has 12 nitrogen and oxygen atoms in total. The standard InChI is InChI=1S/C35H42N4O8S/c1-23(2)20-39(48(42,43)26-13-14-32-28(18-26)30(38-47-32)19-36-25-11-7-4-8-12-25)21-31(40)29(17-24-9-5-3-6-10-24)37-35(41)46-33-22-45-34-27(33)15-16-44-34/h3-14,18,23,27,29,31,33-34,36,40H,15-17,19-22H2,1-2H3,(H,37,41)/t27-,29-,31+,33?,34+/m0/s1. The van der Waals surface area contributed by atoms with Gasteiger partial charge in [-0.15, -0.1) is 0 Å². The van der Waals surface area contributed by atoms with Crippen LogP contribution in [0.5, 0.6) is 0 Å². The van der Waals surface area contributed by atoms with Crippen molar-refractivity contribution in [2.24, 2.45) is 11.8 Å². The number of aliphatic hydroxyl groups is 1. The van der Waals surface area contributed by atoms with E-state index < -0.39 is 34.4 Å². The van der Waals surface area contributed by atoms with E-state index in [9.17, 15) is 18.3 Å². The summed E-state index contributed by atoms with van der Waals surface area (Å²) in [6, 6.07) is 22.8. The molecule has 2 aliphatic rings. The number of para-hydroxylation sites is 1. The summed E-state index contributed by atoms with van der Waals surface area (Å²) in [6.07, 6.45) is -1.83. The number of carbonyl (C=O) groups is 1. The Morgan fingerprint density at radius 2 is 1.79 bits per heavy atom. The van der Waals surface area contributed by atoms with Gasteiger partial charge >= 0.3 is 6.09 Å². The van der Waals surface area contributed by atoms with Gasteiger partial charge in [-0.05, 0) is 54.7 Å². The number of benzene rings is 3. The molecule has 1 aromatic heterocycles. The Bertz CT molecular complexity index is 1770. The molecule has 4 aromatic rings. The Balaban J connectivity index is 1.21. The van der Waals surface area contributed by atoms with Gasteiger partial charge in [0, 0.05) is 24.2 Å². The number of aromatic nitrogens is 1. The fourth-order valence-corrected chi connectivity index (χ4v) is 7.83. The first-order valence-corrected chi connectivity index (χ1v) is 17.7. The number of carbonyl (C=O) groups excluding carboxylic acids is 1. The van der Waals surface area contributed by atoms with Gasteiger partial charge in [-0.25, -0.2) is 13.2 Å². The summed E-state index contributed by atoms with van der Waals surface area (Å²) in [7, 11) is -4.10. The van der Waals surface area contributed by atoms with E-state index in [1.807, 2.05) is 74.5 Å². The maximum Gasteiger partial charge on any atom is 0.407 e. The van der Waals surface area contributed by atoms with E-state index in [2.05, 4.69) is 15.8 Å². The van der Waals surface area contributed by atoms with Crippen molar-refractivity contribution in [1.82, 2.24) is 14.8 Å². The van der Waals surface area contributed by atoms with Gasteiger partial charge in [-0.2, -0.15) is 4.31 Å². The van der Waals surface area contributed by atoms with E-state index in [1.54, 1.807) is 12.1 Å². The highest BCUT2D eigenvalue weighted by atomic mass is 32.2. The molecule has 256 valence electrons. The zero-order chi connectivity index (χ0) is 33.7. The third-order valence-corrected chi connectivity index (χ3v) is 10.5. The Labute approximate surface area is 280 Å². The second-order valence-electron chi connectivity index (χ2n) is 12.7. The number of alkyl carbamates (subject to hydrolysis) is 1. The Kier molecular flexibility index (Phi) is 10.6. The monoisotopic (exact) mass is 678 g/mol. The van der Waals surface area contributed by atoms with Crippen molar-refractivity contribution in [2.75, 3.05) is 31.6 Å². The molecular formula is C35H42N4O8S. The second kappa shape index (κ2) is 15.0. The lowest BCUT2D eigenvalue weighted by atomic mass is 10.0. The first-order valence-electron chi connectivity index (χ1n) is 16.3. The minimum Gasteiger partial charge on any atom is -0.443 e. The summed E-state index contributed by atoms with van der Waals surface area (Å²) in [5, 5.41) is 22.5. The summed E-state index contributed by atoms with van der Waals surface area (Å²) in [4.78, 5) is 13.2. The van der Waals surface area contributed by atoms with E-state index in [4.69, 9.17) is 18.7 Å². The van der Waals surface area contributed by atoms with Crippen LogP contribution in [0.15, 0.2) is 88.3 Å². The van der Waals surface area contributed by atoms with Crippen LogP contribution in [-0.4, -0.2) is 79.9 Å². The number of rotatable bonds is 14. The highest BCUT2D eigenvalue weighted by molar-refractivity contribution is 7.89. The normalized spacial score (nSPS) is 20.6. The maximum absolute atomic E-state index is 14.2. The number of anilines is 1. The molecule has 2 fully saturated rings. The van der Waals surface area contributed by atoms with E-state index in [0.29, 0.717) is 29.8 Å². The second-order valence-corrected chi connectivity index (χ2v) is 14.6. The Morgan fingerprint density at radius 1 is 1.04 bits per heavy atom. The SMILES string of the molecule is CC(C)CN(C[C@@H](O)[C@H](Cc1ccccc1)NC(=O)OC1CO[C@H]2OCC[C@@H]12)S(=O)(=O)c1ccc2onc(CNc3ccccc3)c2c1. The molecule has 3 aromatic carbocycles. The van der Waals surface area contributed by atoms with Crippen LogP contribution in [-0.2, 0) is 37.2 Å². The number of amides is 1. The Morgan fingerprint density at radius 3 is 2.54 bits per heavy atom. The van der Waals surface area contributed by atoms with E-state index >= 15 is 0 Å². The minimum atomic E-state index is -4.10. The van der Waals surface area contributed by atoms with E-state index in [0.717, 1.165) is 17.7 Å². The van der Waals surface area contributed by atoms with Crippen LogP contribution >= 0.6 is 0 Å². The highest BCUT2D eigenvalue weighted by Gasteiger charge is 2.44. The number of fused-ring (bicyclic) bond motifs is 2. The fraction of sp³-hybridized carbons (Fsp3) is 0.429. The molecule has 2 saturated heterocycles. The molecule has 0 saturated carbocycles. The number of aliphatic hydroxyl groups excluding tert-OH is 1. The van der Waals surface area contributed by atoms with Crippen molar-refractivity contribution in [2.45, 2.75) is 62.7 Å².